The van der Waals surface area contributed by atoms with Crippen LogP contribution < -0.4 is 0 Å². The predicted molar refractivity (Wildman–Crippen MR) is 111 cm³/mol. The van der Waals surface area contributed by atoms with Gasteiger partial charge in [-0.05, 0) is 35.6 Å². The van der Waals surface area contributed by atoms with Gasteiger partial charge in [-0.2, -0.15) is 4.98 Å². The second kappa shape index (κ2) is 7.63. The van der Waals surface area contributed by atoms with Crippen LogP contribution in [0.5, 0.6) is 0 Å². The molecule has 5 rings (SSSR count). The van der Waals surface area contributed by atoms with Crippen LogP contribution in [0.1, 0.15) is 24.3 Å². The molecule has 1 amide bonds. The van der Waals surface area contributed by atoms with E-state index < -0.39 is 0 Å². The summed E-state index contributed by atoms with van der Waals surface area (Å²) in [6, 6.07) is 7.91. The number of rotatable bonds is 5. The molecule has 0 atom stereocenters. The highest BCUT2D eigenvalue weighted by Crippen LogP contribution is 2.28. The Labute approximate surface area is 171 Å². The minimum atomic E-state index is 0.108. The van der Waals surface area contributed by atoms with E-state index in [1.54, 1.807) is 17.5 Å². The summed E-state index contributed by atoms with van der Waals surface area (Å²) in [5.41, 5.74) is 3.32. The van der Waals surface area contributed by atoms with Gasteiger partial charge in [0.15, 0.2) is 0 Å². The Bertz CT molecular complexity index is 1170. The van der Waals surface area contributed by atoms with Gasteiger partial charge in [0.25, 0.3) is 0 Å². The highest BCUT2D eigenvalue weighted by atomic mass is 32.1. The van der Waals surface area contributed by atoms with E-state index in [0.717, 1.165) is 22.3 Å². The molecule has 0 saturated carbocycles. The number of carbonyl (C=O) groups is 1. The number of carbonyl (C=O) groups excluding carboxylic acids is 1. The number of aromatic amines is 1. The van der Waals surface area contributed by atoms with Crippen molar-refractivity contribution in [3.8, 4) is 10.7 Å². The molecule has 0 aliphatic carbocycles. The largest absolute Gasteiger partial charge is 0.346 e. The van der Waals surface area contributed by atoms with Crippen molar-refractivity contribution in [2.24, 2.45) is 0 Å². The Morgan fingerprint density at radius 3 is 3.10 bits per heavy atom. The highest BCUT2D eigenvalue weighted by Gasteiger charge is 2.20. The second-order valence-electron chi connectivity index (χ2n) is 6.91. The zero-order valence-electron chi connectivity index (χ0n) is 15.7. The molecule has 29 heavy (non-hydrogen) atoms. The molecular weight excluding hydrogens is 386 g/mol. The van der Waals surface area contributed by atoms with E-state index in [1.165, 1.54) is 11.1 Å². The molecule has 0 fully saturated rings. The van der Waals surface area contributed by atoms with Crippen LogP contribution in [0.4, 0.5) is 0 Å². The SMILES string of the molecule is O=C(CCc1nc(-c2cccs2)no1)N1CC=C(c2c[nH]c3ncccc23)CC1. The second-order valence-corrected chi connectivity index (χ2v) is 7.86. The van der Waals surface area contributed by atoms with Crippen molar-refractivity contribution in [3.05, 3.63) is 59.6 Å². The molecule has 0 aromatic carbocycles. The third-order valence-electron chi connectivity index (χ3n) is 5.12. The summed E-state index contributed by atoms with van der Waals surface area (Å²) in [7, 11) is 0. The molecule has 8 heteroatoms. The van der Waals surface area contributed by atoms with Crippen molar-refractivity contribution < 1.29 is 9.32 Å². The third-order valence-corrected chi connectivity index (χ3v) is 5.99. The topological polar surface area (TPSA) is 87.9 Å². The number of hydrogen-bond acceptors (Lipinski definition) is 6. The summed E-state index contributed by atoms with van der Waals surface area (Å²) < 4.78 is 5.29. The maximum absolute atomic E-state index is 12.6. The number of hydrogen-bond donors (Lipinski definition) is 1. The zero-order valence-corrected chi connectivity index (χ0v) is 16.5. The van der Waals surface area contributed by atoms with Gasteiger partial charge in [-0.15, -0.1) is 11.3 Å². The minimum absolute atomic E-state index is 0.108. The maximum atomic E-state index is 12.6. The van der Waals surface area contributed by atoms with Crippen LogP contribution in [0.25, 0.3) is 27.3 Å². The molecule has 1 N–H and O–H groups in total. The van der Waals surface area contributed by atoms with Crippen molar-refractivity contribution in [1.82, 2.24) is 25.0 Å². The third kappa shape index (κ3) is 3.58. The number of amides is 1. The Morgan fingerprint density at radius 2 is 2.28 bits per heavy atom. The lowest BCUT2D eigenvalue weighted by molar-refractivity contribution is -0.130. The Hall–Kier alpha value is -3.26. The van der Waals surface area contributed by atoms with Gasteiger partial charge >= 0.3 is 0 Å². The number of fused-ring (bicyclic) bond motifs is 1. The maximum Gasteiger partial charge on any atom is 0.227 e. The fraction of sp³-hybridized carbons (Fsp3) is 0.238. The molecule has 4 aromatic heterocycles. The van der Waals surface area contributed by atoms with Gasteiger partial charge in [0.1, 0.15) is 5.65 Å². The quantitative estimate of drug-likeness (QED) is 0.544. The molecule has 1 aliphatic heterocycles. The lowest BCUT2D eigenvalue weighted by Gasteiger charge is -2.26. The van der Waals surface area contributed by atoms with Gasteiger partial charge in [-0.25, -0.2) is 4.98 Å². The lowest BCUT2D eigenvalue weighted by Crippen LogP contribution is -2.34. The average molecular weight is 405 g/mol. The number of thiophene rings is 1. The van der Waals surface area contributed by atoms with Crippen LogP contribution in [-0.2, 0) is 11.2 Å². The van der Waals surface area contributed by atoms with Crippen molar-refractivity contribution >= 4 is 33.9 Å². The van der Waals surface area contributed by atoms with Crippen molar-refractivity contribution in [2.45, 2.75) is 19.3 Å². The summed E-state index contributed by atoms with van der Waals surface area (Å²) >= 11 is 1.56. The Kier molecular flexibility index (Phi) is 4.69. The van der Waals surface area contributed by atoms with Crippen LogP contribution in [0.15, 0.2) is 52.6 Å². The molecular formula is C21H19N5O2S. The lowest BCUT2D eigenvalue weighted by atomic mass is 9.99. The summed E-state index contributed by atoms with van der Waals surface area (Å²) in [4.78, 5) is 27.4. The van der Waals surface area contributed by atoms with E-state index in [-0.39, 0.29) is 5.91 Å². The van der Waals surface area contributed by atoms with Crippen molar-refractivity contribution in [1.29, 1.82) is 0 Å². The van der Waals surface area contributed by atoms with Crippen LogP contribution in [0.2, 0.25) is 0 Å². The first kappa shape index (κ1) is 17.8. The van der Waals surface area contributed by atoms with Gasteiger partial charge in [-0.3, -0.25) is 4.79 Å². The van der Waals surface area contributed by atoms with E-state index >= 15 is 0 Å². The van der Waals surface area contributed by atoms with Crippen LogP contribution in [0.3, 0.4) is 0 Å². The number of nitrogens with zero attached hydrogens (tertiary/aromatic N) is 4. The van der Waals surface area contributed by atoms with Gasteiger partial charge in [0.2, 0.25) is 17.6 Å². The van der Waals surface area contributed by atoms with Crippen molar-refractivity contribution in [3.63, 3.8) is 0 Å². The number of nitrogens with one attached hydrogen (secondary N) is 1. The van der Waals surface area contributed by atoms with Crippen LogP contribution >= 0.6 is 11.3 Å². The van der Waals surface area contributed by atoms with Gasteiger partial charge in [0, 0.05) is 49.3 Å². The number of aromatic nitrogens is 4. The van der Waals surface area contributed by atoms with E-state index in [9.17, 15) is 4.79 Å². The number of pyridine rings is 1. The molecule has 1 aliphatic rings. The molecule has 0 spiro atoms. The smallest absolute Gasteiger partial charge is 0.227 e. The van der Waals surface area contributed by atoms with E-state index in [4.69, 9.17) is 4.52 Å². The number of aryl methyl sites for hydroxylation is 1. The Morgan fingerprint density at radius 1 is 1.31 bits per heavy atom. The highest BCUT2D eigenvalue weighted by molar-refractivity contribution is 7.13. The first-order valence-corrected chi connectivity index (χ1v) is 10.4. The first-order valence-electron chi connectivity index (χ1n) is 9.53. The summed E-state index contributed by atoms with van der Waals surface area (Å²) in [6.07, 6.45) is 7.58. The van der Waals surface area contributed by atoms with E-state index in [0.29, 0.717) is 37.6 Å². The molecule has 7 nitrogen and oxygen atoms in total. The first-order chi connectivity index (χ1) is 14.3. The monoisotopic (exact) mass is 405 g/mol. The number of H-pyrrole nitrogens is 1. The average Bonchev–Trinajstić information content (AvgIpc) is 3.52. The molecule has 0 saturated heterocycles. The molecule has 5 heterocycles. The van der Waals surface area contributed by atoms with Crippen LogP contribution in [-0.4, -0.2) is 44.0 Å². The zero-order chi connectivity index (χ0) is 19.6. The predicted octanol–water partition coefficient (Wildman–Crippen LogP) is 3.92. The molecule has 146 valence electrons. The summed E-state index contributed by atoms with van der Waals surface area (Å²) in [5.74, 6) is 1.19. The van der Waals surface area contributed by atoms with Crippen LogP contribution in [0, 0.1) is 0 Å². The molecule has 0 radical (unpaired) electrons. The molecule has 4 aromatic rings. The Balaban J connectivity index is 1.20. The van der Waals surface area contributed by atoms with E-state index in [2.05, 4.69) is 32.3 Å². The normalized spacial score (nSPS) is 14.3. The minimum Gasteiger partial charge on any atom is -0.346 e. The standard InChI is InChI=1S/C21H19N5O2S/c27-19(6-5-18-24-21(25-28-18)17-4-2-12-29-17)26-10-7-14(8-11-26)16-13-23-20-15(16)3-1-9-22-20/h1-4,7,9,12-13H,5-6,8,10-11H2,(H,22,23). The fourth-order valence-corrected chi connectivity index (χ4v) is 4.25. The summed E-state index contributed by atoms with van der Waals surface area (Å²) in [6.45, 7) is 1.33. The molecule has 0 bridgehead atoms. The van der Waals surface area contributed by atoms with Gasteiger partial charge in [0.05, 0.1) is 4.88 Å². The van der Waals surface area contributed by atoms with E-state index in [1.807, 2.05) is 34.7 Å². The summed E-state index contributed by atoms with van der Waals surface area (Å²) in [5, 5.41) is 7.09. The van der Waals surface area contributed by atoms with Gasteiger partial charge < -0.3 is 14.4 Å². The van der Waals surface area contributed by atoms with Gasteiger partial charge in [-0.1, -0.05) is 17.3 Å². The van der Waals surface area contributed by atoms with Crippen molar-refractivity contribution in [2.75, 3.05) is 13.1 Å². The molecule has 0 unspecified atom stereocenters. The fourth-order valence-electron chi connectivity index (χ4n) is 3.60.